The van der Waals surface area contributed by atoms with Gasteiger partial charge in [0.25, 0.3) is 0 Å². The molecule has 1 nitrogen and oxygen atoms in total. The van der Waals surface area contributed by atoms with Gasteiger partial charge in [0.1, 0.15) is 0 Å². The van der Waals surface area contributed by atoms with E-state index >= 15 is 0 Å². The predicted molar refractivity (Wildman–Crippen MR) is 42.9 cm³/mol. The molecule has 0 radical (unpaired) electrons. The Bertz CT molecular complexity index is 144. The maximum atomic E-state index is 10.3. The molecule has 0 unspecified atom stereocenters. The Morgan fingerprint density at radius 1 is 1.10 bits per heavy atom. The van der Waals surface area contributed by atoms with Crippen LogP contribution in [-0.4, -0.2) is 23.1 Å². The number of benzene rings is 1. The van der Waals surface area contributed by atoms with Gasteiger partial charge in [0.15, 0.2) is 0 Å². The van der Waals surface area contributed by atoms with Crippen LogP contribution >= 0.6 is 11.6 Å². The zero-order chi connectivity index (χ0) is 7.11. The van der Waals surface area contributed by atoms with Gasteiger partial charge < -0.3 is 16.7 Å². The van der Waals surface area contributed by atoms with Gasteiger partial charge in [-0.3, -0.25) is 6.38 Å². The predicted octanol–water partition coefficient (Wildman–Crippen LogP) is 1.40. The topological polar surface area (TPSA) is 23.1 Å². The molecular formula is C7H7ClMgO. The Hall–Kier alpha value is 0.0762. The minimum Gasteiger partial charge on any atom is -0.872 e. The Kier molecular flexibility index (Phi) is 11.6. The molecule has 0 saturated heterocycles. The second kappa shape index (κ2) is 9.08. The molecule has 0 amide bonds. The quantitative estimate of drug-likeness (QED) is 0.422. The molecule has 0 spiro atoms. The average Bonchev–Trinajstić information content (AvgIpc) is 1.94. The zero-order valence-electron chi connectivity index (χ0n) is 5.59. The summed E-state index contributed by atoms with van der Waals surface area (Å²) in [6.45, 7) is 0. The molecule has 0 aliphatic rings. The number of hydrogen-bond donors (Lipinski definition) is 0. The molecule has 3 heteroatoms. The molecule has 0 fully saturated rings. The molecule has 0 heterocycles. The largest absolute Gasteiger partial charge is 2.00 e. The van der Waals surface area contributed by atoms with Crippen molar-refractivity contribution >= 4 is 34.7 Å². The van der Waals surface area contributed by atoms with E-state index in [9.17, 15) is 5.11 Å². The van der Waals surface area contributed by atoms with E-state index in [1.807, 2.05) is 6.07 Å². The van der Waals surface area contributed by atoms with Crippen molar-refractivity contribution in [3.8, 4) is 5.75 Å². The van der Waals surface area contributed by atoms with Gasteiger partial charge in [-0.2, -0.15) is 0 Å². The third-order valence-electron chi connectivity index (χ3n) is 0.743. The summed E-state index contributed by atoms with van der Waals surface area (Å²) in [5, 5.41) is 10.3. The first-order valence-corrected chi connectivity index (χ1v) is 2.92. The number of rotatable bonds is 0. The smallest absolute Gasteiger partial charge is 0.872 e. The summed E-state index contributed by atoms with van der Waals surface area (Å²) >= 11 is 4.39. The Morgan fingerprint density at radius 3 is 1.70 bits per heavy atom. The van der Waals surface area contributed by atoms with Gasteiger partial charge in [0, 0.05) is 0 Å². The second-order valence-electron chi connectivity index (χ2n) is 1.31. The summed E-state index contributed by atoms with van der Waals surface area (Å²) in [4.78, 5) is 0. The normalized spacial score (nSPS) is 6.60. The number of para-hydroxylation sites is 1. The van der Waals surface area contributed by atoms with Crippen LogP contribution in [0.25, 0.3) is 0 Å². The first-order valence-electron chi connectivity index (χ1n) is 2.38. The van der Waals surface area contributed by atoms with Gasteiger partial charge in [-0.15, -0.1) is 5.75 Å². The van der Waals surface area contributed by atoms with Gasteiger partial charge in [0.2, 0.25) is 0 Å². The van der Waals surface area contributed by atoms with Gasteiger partial charge in [0.05, 0.1) is 0 Å². The third-order valence-corrected chi connectivity index (χ3v) is 0.743. The molecule has 0 aliphatic heterocycles. The molecular weight excluding hydrogens is 160 g/mol. The average molecular weight is 167 g/mol. The van der Waals surface area contributed by atoms with Crippen LogP contribution in [0.15, 0.2) is 30.3 Å². The molecule has 0 aliphatic carbocycles. The fourth-order valence-corrected chi connectivity index (χ4v) is 0.420. The minimum atomic E-state index is 0. The zero-order valence-corrected chi connectivity index (χ0v) is 7.76. The number of hydrogen-bond acceptors (Lipinski definition) is 1. The standard InChI is InChI=1S/C6H6O.CH2Cl.Mg/c7-6-4-2-1-3-5-6;1-2;/h1-5,7H;1H2;/q;-1;+2/p-1. The summed E-state index contributed by atoms with van der Waals surface area (Å²) in [5.74, 6) is 0.0718. The summed E-state index contributed by atoms with van der Waals surface area (Å²) < 4.78 is 0. The molecule has 0 saturated carbocycles. The SMILES string of the molecule is [CH2-]Cl.[Mg+2].[O-]c1ccccc1. The summed E-state index contributed by atoms with van der Waals surface area (Å²) in [5.41, 5.74) is 0. The first kappa shape index (κ1) is 12.7. The molecule has 0 aromatic heterocycles. The van der Waals surface area contributed by atoms with Gasteiger partial charge in [-0.05, 0) is 0 Å². The second-order valence-corrected chi connectivity index (χ2v) is 1.31. The Balaban J connectivity index is 0. The van der Waals surface area contributed by atoms with Crippen LogP contribution in [0.4, 0.5) is 0 Å². The van der Waals surface area contributed by atoms with Crippen LogP contribution in [0.2, 0.25) is 0 Å². The van der Waals surface area contributed by atoms with E-state index in [2.05, 4.69) is 18.0 Å². The van der Waals surface area contributed by atoms with Crippen molar-refractivity contribution in [3.05, 3.63) is 36.7 Å². The van der Waals surface area contributed by atoms with E-state index < -0.39 is 0 Å². The van der Waals surface area contributed by atoms with E-state index in [-0.39, 0.29) is 28.8 Å². The van der Waals surface area contributed by atoms with Crippen LogP contribution in [0.1, 0.15) is 0 Å². The molecule has 10 heavy (non-hydrogen) atoms. The van der Waals surface area contributed by atoms with Gasteiger partial charge in [-0.1, -0.05) is 30.3 Å². The van der Waals surface area contributed by atoms with E-state index in [1.54, 1.807) is 12.1 Å². The summed E-state index contributed by atoms with van der Waals surface area (Å²) in [6, 6.07) is 8.33. The Labute approximate surface area is 82.2 Å². The Morgan fingerprint density at radius 2 is 1.50 bits per heavy atom. The molecule has 0 N–H and O–H groups in total. The monoisotopic (exact) mass is 166 g/mol. The summed E-state index contributed by atoms with van der Waals surface area (Å²) in [7, 11) is 0. The van der Waals surface area contributed by atoms with E-state index in [4.69, 9.17) is 0 Å². The van der Waals surface area contributed by atoms with Gasteiger partial charge in [-0.25, -0.2) is 0 Å². The number of halogens is 1. The van der Waals surface area contributed by atoms with Crippen molar-refractivity contribution < 1.29 is 5.11 Å². The van der Waals surface area contributed by atoms with Crippen molar-refractivity contribution in [1.82, 2.24) is 0 Å². The van der Waals surface area contributed by atoms with Gasteiger partial charge >= 0.3 is 23.1 Å². The molecule has 1 aromatic rings. The van der Waals surface area contributed by atoms with Crippen LogP contribution in [0.3, 0.4) is 0 Å². The minimum absolute atomic E-state index is 0. The van der Waals surface area contributed by atoms with Crippen LogP contribution < -0.4 is 5.11 Å². The van der Waals surface area contributed by atoms with E-state index in [0.717, 1.165) is 0 Å². The third kappa shape index (κ3) is 6.20. The van der Waals surface area contributed by atoms with Crippen molar-refractivity contribution in [2.75, 3.05) is 0 Å². The molecule has 0 atom stereocenters. The fraction of sp³-hybridized carbons (Fsp3) is 0. The molecule has 1 rings (SSSR count). The molecule has 1 aromatic carbocycles. The molecule has 50 valence electrons. The van der Waals surface area contributed by atoms with E-state index in [0.29, 0.717) is 0 Å². The van der Waals surface area contributed by atoms with Crippen LogP contribution in [0, 0.1) is 6.38 Å². The molecule has 0 bridgehead atoms. The van der Waals surface area contributed by atoms with Crippen LogP contribution in [0.5, 0.6) is 5.75 Å². The van der Waals surface area contributed by atoms with Crippen molar-refractivity contribution in [1.29, 1.82) is 0 Å². The maximum absolute atomic E-state index is 10.3. The first-order chi connectivity index (χ1) is 4.39. The van der Waals surface area contributed by atoms with Crippen molar-refractivity contribution in [2.45, 2.75) is 0 Å². The van der Waals surface area contributed by atoms with E-state index in [1.165, 1.54) is 12.1 Å². The summed E-state index contributed by atoms with van der Waals surface area (Å²) in [6.07, 6.45) is 2.72. The maximum Gasteiger partial charge on any atom is 2.00 e. The van der Waals surface area contributed by atoms with Crippen molar-refractivity contribution in [3.63, 3.8) is 0 Å². The fourth-order valence-electron chi connectivity index (χ4n) is 0.420. The van der Waals surface area contributed by atoms with Crippen molar-refractivity contribution in [2.24, 2.45) is 0 Å². The van der Waals surface area contributed by atoms with Crippen LogP contribution in [-0.2, 0) is 0 Å².